The van der Waals surface area contributed by atoms with Crippen molar-refractivity contribution in [1.29, 1.82) is 0 Å². The standard InChI is InChI=1S/C23H33NO/c1-2-3-4-5-6-7-8-9-10-11-20-25-23-14-12-21(13-15-23)22-16-18-24-19-17-22/h12-19H,2-11,20H2,1H3. The van der Waals surface area contributed by atoms with Gasteiger partial charge in [0.25, 0.3) is 0 Å². The van der Waals surface area contributed by atoms with E-state index >= 15 is 0 Å². The van der Waals surface area contributed by atoms with Crippen molar-refractivity contribution in [3.05, 3.63) is 48.8 Å². The van der Waals surface area contributed by atoms with Gasteiger partial charge in [-0.2, -0.15) is 0 Å². The fourth-order valence-corrected chi connectivity index (χ4v) is 3.07. The van der Waals surface area contributed by atoms with E-state index in [0.717, 1.165) is 18.8 Å². The third kappa shape index (κ3) is 8.20. The summed E-state index contributed by atoms with van der Waals surface area (Å²) in [6.07, 6.45) is 17.2. The van der Waals surface area contributed by atoms with Gasteiger partial charge in [-0.3, -0.25) is 4.98 Å². The summed E-state index contributed by atoms with van der Waals surface area (Å²) in [6.45, 7) is 3.10. The van der Waals surface area contributed by atoms with E-state index in [2.05, 4.69) is 36.2 Å². The van der Waals surface area contributed by atoms with Crippen LogP contribution >= 0.6 is 0 Å². The summed E-state index contributed by atoms with van der Waals surface area (Å²) >= 11 is 0. The lowest BCUT2D eigenvalue weighted by Gasteiger charge is -2.07. The molecule has 0 aliphatic heterocycles. The maximum atomic E-state index is 5.86. The highest BCUT2D eigenvalue weighted by Gasteiger charge is 1.99. The monoisotopic (exact) mass is 339 g/mol. The fourth-order valence-electron chi connectivity index (χ4n) is 3.07. The minimum absolute atomic E-state index is 0.825. The molecular formula is C23H33NO. The van der Waals surface area contributed by atoms with Gasteiger partial charge in [0.05, 0.1) is 6.61 Å². The van der Waals surface area contributed by atoms with E-state index in [9.17, 15) is 0 Å². The Bertz CT molecular complexity index is 550. The second kappa shape index (κ2) is 12.5. The molecule has 0 aliphatic rings. The Hall–Kier alpha value is -1.83. The van der Waals surface area contributed by atoms with Gasteiger partial charge in [-0.05, 0) is 41.8 Å². The minimum atomic E-state index is 0.825. The first-order chi connectivity index (χ1) is 12.4. The van der Waals surface area contributed by atoms with Gasteiger partial charge in [0, 0.05) is 12.4 Å². The average molecular weight is 340 g/mol. The lowest BCUT2D eigenvalue weighted by molar-refractivity contribution is 0.304. The summed E-state index contributed by atoms with van der Waals surface area (Å²) in [6, 6.07) is 12.4. The van der Waals surface area contributed by atoms with E-state index in [1.54, 1.807) is 0 Å². The van der Waals surface area contributed by atoms with Gasteiger partial charge in [0.15, 0.2) is 0 Å². The lowest BCUT2D eigenvalue weighted by atomic mass is 10.1. The second-order valence-electron chi connectivity index (χ2n) is 6.79. The molecule has 2 heteroatoms. The van der Waals surface area contributed by atoms with Crippen molar-refractivity contribution in [3.8, 4) is 16.9 Å². The minimum Gasteiger partial charge on any atom is -0.494 e. The molecule has 25 heavy (non-hydrogen) atoms. The zero-order valence-corrected chi connectivity index (χ0v) is 15.8. The number of nitrogens with zero attached hydrogens (tertiary/aromatic N) is 1. The fraction of sp³-hybridized carbons (Fsp3) is 0.522. The molecule has 0 radical (unpaired) electrons. The molecular weight excluding hydrogens is 306 g/mol. The Balaban J connectivity index is 1.51. The van der Waals surface area contributed by atoms with Gasteiger partial charge in [0.1, 0.15) is 5.75 Å². The summed E-state index contributed by atoms with van der Waals surface area (Å²) < 4.78 is 5.86. The highest BCUT2D eigenvalue weighted by molar-refractivity contribution is 5.63. The second-order valence-corrected chi connectivity index (χ2v) is 6.79. The van der Waals surface area contributed by atoms with Gasteiger partial charge in [-0.25, -0.2) is 0 Å². The summed E-state index contributed by atoms with van der Waals surface area (Å²) in [4.78, 5) is 4.06. The van der Waals surface area contributed by atoms with Crippen LogP contribution in [0, 0.1) is 0 Å². The van der Waals surface area contributed by atoms with Crippen molar-refractivity contribution in [2.75, 3.05) is 6.61 Å². The molecule has 0 atom stereocenters. The molecule has 0 N–H and O–H groups in total. The predicted molar refractivity (Wildman–Crippen MR) is 107 cm³/mol. The summed E-state index contributed by atoms with van der Waals surface area (Å²) in [7, 11) is 0. The van der Waals surface area contributed by atoms with E-state index in [0.29, 0.717) is 0 Å². The largest absolute Gasteiger partial charge is 0.494 e. The molecule has 2 nitrogen and oxygen atoms in total. The molecule has 1 heterocycles. The Morgan fingerprint density at radius 2 is 1.16 bits per heavy atom. The van der Waals surface area contributed by atoms with Crippen LogP contribution in [-0.4, -0.2) is 11.6 Å². The molecule has 0 aliphatic carbocycles. The number of hydrogen-bond acceptors (Lipinski definition) is 2. The lowest BCUT2D eigenvalue weighted by Crippen LogP contribution is -1.97. The van der Waals surface area contributed by atoms with Crippen molar-refractivity contribution >= 4 is 0 Å². The van der Waals surface area contributed by atoms with Gasteiger partial charge < -0.3 is 4.74 Å². The van der Waals surface area contributed by atoms with Gasteiger partial charge >= 0.3 is 0 Å². The normalized spacial score (nSPS) is 10.8. The van der Waals surface area contributed by atoms with Crippen LogP contribution in [0.4, 0.5) is 0 Å². The number of unbranched alkanes of at least 4 members (excludes halogenated alkanes) is 9. The molecule has 2 rings (SSSR count). The van der Waals surface area contributed by atoms with Crippen LogP contribution in [0.15, 0.2) is 48.8 Å². The third-order valence-corrected chi connectivity index (χ3v) is 4.63. The number of aromatic nitrogens is 1. The van der Waals surface area contributed by atoms with Crippen molar-refractivity contribution in [2.24, 2.45) is 0 Å². The van der Waals surface area contributed by atoms with Gasteiger partial charge in [-0.1, -0.05) is 76.8 Å². The first-order valence-electron chi connectivity index (χ1n) is 10.0. The molecule has 0 bridgehead atoms. The quantitative estimate of drug-likeness (QED) is 0.365. The summed E-state index contributed by atoms with van der Waals surface area (Å²) in [5.74, 6) is 0.966. The number of rotatable bonds is 13. The van der Waals surface area contributed by atoms with E-state index in [1.165, 1.54) is 68.9 Å². The molecule has 0 saturated carbocycles. The number of ether oxygens (including phenoxy) is 1. The highest BCUT2D eigenvalue weighted by Crippen LogP contribution is 2.21. The molecule has 0 fully saturated rings. The van der Waals surface area contributed by atoms with Crippen LogP contribution in [-0.2, 0) is 0 Å². The van der Waals surface area contributed by atoms with Crippen molar-refractivity contribution in [1.82, 2.24) is 4.98 Å². The van der Waals surface area contributed by atoms with Crippen LogP contribution in [0.1, 0.15) is 71.1 Å². The van der Waals surface area contributed by atoms with Gasteiger partial charge in [0.2, 0.25) is 0 Å². The molecule has 2 aromatic rings. The zero-order valence-electron chi connectivity index (χ0n) is 15.8. The van der Waals surface area contributed by atoms with Crippen LogP contribution in [0.25, 0.3) is 11.1 Å². The smallest absolute Gasteiger partial charge is 0.119 e. The molecule has 0 amide bonds. The van der Waals surface area contributed by atoms with Gasteiger partial charge in [-0.15, -0.1) is 0 Å². The van der Waals surface area contributed by atoms with Crippen LogP contribution in [0.3, 0.4) is 0 Å². The Morgan fingerprint density at radius 3 is 1.76 bits per heavy atom. The first-order valence-corrected chi connectivity index (χ1v) is 10.0. The number of benzene rings is 1. The van der Waals surface area contributed by atoms with Crippen molar-refractivity contribution in [3.63, 3.8) is 0 Å². The molecule has 1 aromatic carbocycles. The van der Waals surface area contributed by atoms with Crippen molar-refractivity contribution in [2.45, 2.75) is 71.1 Å². The molecule has 136 valence electrons. The molecule has 0 spiro atoms. The predicted octanol–water partition coefficient (Wildman–Crippen LogP) is 7.05. The van der Waals surface area contributed by atoms with Crippen molar-refractivity contribution < 1.29 is 4.74 Å². The Labute approximate surface area is 153 Å². The topological polar surface area (TPSA) is 22.1 Å². The summed E-state index contributed by atoms with van der Waals surface area (Å²) in [5, 5.41) is 0. The Kier molecular flexibility index (Phi) is 9.76. The van der Waals surface area contributed by atoms with Crippen LogP contribution < -0.4 is 4.74 Å². The molecule has 0 unspecified atom stereocenters. The van der Waals surface area contributed by atoms with E-state index in [4.69, 9.17) is 4.74 Å². The highest BCUT2D eigenvalue weighted by atomic mass is 16.5. The van der Waals surface area contributed by atoms with E-state index in [1.807, 2.05) is 24.5 Å². The maximum Gasteiger partial charge on any atom is 0.119 e. The van der Waals surface area contributed by atoms with E-state index in [-0.39, 0.29) is 0 Å². The molecule has 0 saturated heterocycles. The van der Waals surface area contributed by atoms with Crippen LogP contribution in [0.5, 0.6) is 5.75 Å². The SMILES string of the molecule is CCCCCCCCCCCCOc1ccc(-c2ccncc2)cc1. The summed E-state index contributed by atoms with van der Waals surface area (Å²) in [5.41, 5.74) is 2.39. The first kappa shape index (κ1) is 19.5. The number of pyridine rings is 1. The van der Waals surface area contributed by atoms with E-state index < -0.39 is 0 Å². The zero-order chi connectivity index (χ0) is 17.6. The van der Waals surface area contributed by atoms with Crippen LogP contribution in [0.2, 0.25) is 0 Å². The maximum absolute atomic E-state index is 5.86. The average Bonchev–Trinajstić information content (AvgIpc) is 2.67. The third-order valence-electron chi connectivity index (χ3n) is 4.63. The number of hydrogen-bond donors (Lipinski definition) is 0. The Morgan fingerprint density at radius 1 is 0.640 bits per heavy atom. The molecule has 1 aromatic heterocycles.